The lowest BCUT2D eigenvalue weighted by atomic mass is 10.2. The van der Waals surface area contributed by atoms with E-state index in [-0.39, 0.29) is 11.9 Å². The Bertz CT molecular complexity index is 581. The molecule has 2 aromatic rings. The van der Waals surface area contributed by atoms with E-state index in [0.29, 0.717) is 12.6 Å². The number of carbonyl (C=O) groups excluding carboxylic acids is 1. The van der Waals surface area contributed by atoms with Gasteiger partial charge in [-0.1, -0.05) is 0 Å². The average molecular weight is 303 g/mol. The van der Waals surface area contributed by atoms with Crippen LogP contribution in [-0.2, 0) is 11.3 Å². The Hall–Kier alpha value is -2.15. The molecule has 7 heteroatoms. The second kappa shape index (κ2) is 6.74. The molecule has 3 heterocycles. The number of furan rings is 1. The number of nitrogens with one attached hydrogen (secondary N) is 1. The van der Waals surface area contributed by atoms with Crippen LogP contribution in [0.4, 0.5) is 0 Å². The summed E-state index contributed by atoms with van der Waals surface area (Å²) in [6.07, 6.45) is 7.07. The minimum atomic E-state index is -0.112. The summed E-state index contributed by atoms with van der Waals surface area (Å²) >= 11 is 0. The van der Waals surface area contributed by atoms with Crippen LogP contribution in [0.3, 0.4) is 0 Å². The van der Waals surface area contributed by atoms with Crippen molar-refractivity contribution in [1.82, 2.24) is 25.0 Å². The summed E-state index contributed by atoms with van der Waals surface area (Å²) in [5.74, 6) is 0.795. The van der Waals surface area contributed by atoms with Gasteiger partial charge in [-0.2, -0.15) is 5.10 Å². The number of likely N-dealkylation sites (tertiary alicyclic amines) is 1. The molecule has 0 unspecified atom stereocenters. The molecular weight excluding hydrogens is 282 g/mol. The fourth-order valence-electron chi connectivity index (χ4n) is 2.93. The van der Waals surface area contributed by atoms with Crippen LogP contribution in [0.1, 0.15) is 31.6 Å². The van der Waals surface area contributed by atoms with Gasteiger partial charge in [-0.15, -0.1) is 0 Å². The van der Waals surface area contributed by atoms with E-state index < -0.39 is 0 Å². The highest BCUT2D eigenvalue weighted by atomic mass is 16.3. The molecular formula is C15H21N5O2. The molecule has 0 aromatic carbocycles. The second-order valence-corrected chi connectivity index (χ2v) is 5.69. The van der Waals surface area contributed by atoms with E-state index in [0.717, 1.165) is 31.7 Å². The van der Waals surface area contributed by atoms with Gasteiger partial charge in [0.25, 0.3) is 0 Å². The van der Waals surface area contributed by atoms with Gasteiger partial charge in [0.15, 0.2) is 0 Å². The standard InChI is InChI=1S/C15H21N5O2/c1-12(14-5-3-7-22-14)18-15(21)9-19-6-2-4-13(19)8-20-11-16-10-17-20/h3,5,7,10-13H,2,4,6,8-9H2,1H3,(H,18,21)/t12-,13-/m0/s1. The molecule has 22 heavy (non-hydrogen) atoms. The van der Waals surface area contributed by atoms with E-state index in [1.54, 1.807) is 12.6 Å². The minimum Gasteiger partial charge on any atom is -0.467 e. The quantitative estimate of drug-likeness (QED) is 0.868. The zero-order chi connectivity index (χ0) is 15.4. The Kier molecular flexibility index (Phi) is 4.53. The number of carbonyl (C=O) groups is 1. The smallest absolute Gasteiger partial charge is 0.234 e. The Balaban J connectivity index is 1.51. The van der Waals surface area contributed by atoms with Crippen molar-refractivity contribution in [3.63, 3.8) is 0 Å². The summed E-state index contributed by atoms with van der Waals surface area (Å²) in [5.41, 5.74) is 0. The van der Waals surface area contributed by atoms with Gasteiger partial charge in [-0.25, -0.2) is 4.98 Å². The molecule has 1 saturated heterocycles. The molecule has 7 nitrogen and oxygen atoms in total. The van der Waals surface area contributed by atoms with Gasteiger partial charge < -0.3 is 9.73 Å². The molecule has 1 amide bonds. The van der Waals surface area contributed by atoms with Crippen molar-refractivity contribution in [3.05, 3.63) is 36.8 Å². The van der Waals surface area contributed by atoms with Crippen LogP contribution in [-0.4, -0.2) is 44.7 Å². The number of rotatable bonds is 6. The molecule has 0 bridgehead atoms. The summed E-state index contributed by atoms with van der Waals surface area (Å²) in [4.78, 5) is 18.4. The van der Waals surface area contributed by atoms with Crippen molar-refractivity contribution in [2.24, 2.45) is 0 Å². The molecule has 0 aliphatic carbocycles. The molecule has 1 aliphatic heterocycles. The van der Waals surface area contributed by atoms with Crippen LogP contribution in [0.5, 0.6) is 0 Å². The van der Waals surface area contributed by atoms with Crippen molar-refractivity contribution < 1.29 is 9.21 Å². The third-order valence-electron chi connectivity index (χ3n) is 4.06. The first-order valence-corrected chi connectivity index (χ1v) is 7.61. The molecule has 1 N–H and O–H groups in total. The van der Waals surface area contributed by atoms with Gasteiger partial charge in [-0.3, -0.25) is 14.4 Å². The third kappa shape index (κ3) is 3.54. The van der Waals surface area contributed by atoms with Crippen LogP contribution in [0.25, 0.3) is 0 Å². The third-order valence-corrected chi connectivity index (χ3v) is 4.06. The van der Waals surface area contributed by atoms with Crippen LogP contribution >= 0.6 is 0 Å². The van der Waals surface area contributed by atoms with E-state index in [1.807, 2.05) is 23.7 Å². The molecule has 0 saturated carbocycles. The van der Waals surface area contributed by atoms with Crippen molar-refractivity contribution in [3.8, 4) is 0 Å². The fraction of sp³-hybridized carbons (Fsp3) is 0.533. The first kappa shape index (κ1) is 14.8. The maximum atomic E-state index is 12.2. The molecule has 1 aliphatic rings. The topological polar surface area (TPSA) is 76.2 Å². The highest BCUT2D eigenvalue weighted by molar-refractivity contribution is 5.78. The zero-order valence-electron chi connectivity index (χ0n) is 12.7. The van der Waals surface area contributed by atoms with E-state index in [4.69, 9.17) is 4.42 Å². The molecule has 1 fully saturated rings. The zero-order valence-corrected chi connectivity index (χ0v) is 12.7. The van der Waals surface area contributed by atoms with Gasteiger partial charge in [0.2, 0.25) is 5.91 Å². The molecule has 0 radical (unpaired) electrons. The lowest BCUT2D eigenvalue weighted by Crippen LogP contribution is -2.42. The summed E-state index contributed by atoms with van der Waals surface area (Å²) in [7, 11) is 0. The molecule has 2 atom stereocenters. The van der Waals surface area contributed by atoms with Crippen molar-refractivity contribution in [2.75, 3.05) is 13.1 Å². The first-order chi connectivity index (χ1) is 10.7. The lowest BCUT2D eigenvalue weighted by Gasteiger charge is -2.24. The summed E-state index contributed by atoms with van der Waals surface area (Å²) in [6.45, 7) is 4.06. The van der Waals surface area contributed by atoms with E-state index in [1.165, 1.54) is 6.33 Å². The number of nitrogens with zero attached hydrogens (tertiary/aromatic N) is 4. The maximum absolute atomic E-state index is 12.2. The average Bonchev–Trinajstić information content (AvgIpc) is 3.22. The summed E-state index contributed by atoms with van der Waals surface area (Å²) < 4.78 is 7.14. The van der Waals surface area contributed by atoms with E-state index >= 15 is 0 Å². The van der Waals surface area contributed by atoms with Gasteiger partial charge >= 0.3 is 0 Å². The monoisotopic (exact) mass is 303 g/mol. The van der Waals surface area contributed by atoms with Gasteiger partial charge in [0, 0.05) is 6.04 Å². The van der Waals surface area contributed by atoms with Crippen LogP contribution in [0.2, 0.25) is 0 Å². The molecule has 3 rings (SSSR count). The predicted molar refractivity (Wildman–Crippen MR) is 79.9 cm³/mol. The minimum absolute atomic E-state index is 0.0226. The number of amides is 1. The Labute approximate surface area is 129 Å². The van der Waals surface area contributed by atoms with Crippen LogP contribution < -0.4 is 5.32 Å². The van der Waals surface area contributed by atoms with E-state index in [2.05, 4.69) is 20.3 Å². The van der Waals surface area contributed by atoms with Crippen molar-refractivity contribution >= 4 is 5.91 Å². The number of aromatic nitrogens is 3. The van der Waals surface area contributed by atoms with Crippen molar-refractivity contribution in [1.29, 1.82) is 0 Å². The number of hydrogen-bond acceptors (Lipinski definition) is 5. The van der Waals surface area contributed by atoms with Crippen LogP contribution in [0.15, 0.2) is 35.5 Å². The van der Waals surface area contributed by atoms with Crippen molar-refractivity contribution in [2.45, 2.75) is 38.4 Å². The highest BCUT2D eigenvalue weighted by Crippen LogP contribution is 2.18. The largest absolute Gasteiger partial charge is 0.467 e. The van der Waals surface area contributed by atoms with Gasteiger partial charge in [0.05, 0.1) is 25.4 Å². The predicted octanol–water partition coefficient (Wildman–Crippen LogP) is 1.21. The maximum Gasteiger partial charge on any atom is 0.234 e. The fourth-order valence-corrected chi connectivity index (χ4v) is 2.93. The second-order valence-electron chi connectivity index (χ2n) is 5.69. The van der Waals surface area contributed by atoms with Gasteiger partial charge in [-0.05, 0) is 38.4 Å². The molecule has 118 valence electrons. The van der Waals surface area contributed by atoms with E-state index in [9.17, 15) is 4.79 Å². The lowest BCUT2D eigenvalue weighted by molar-refractivity contribution is -0.123. The van der Waals surface area contributed by atoms with Crippen LogP contribution in [0, 0.1) is 0 Å². The first-order valence-electron chi connectivity index (χ1n) is 7.61. The Morgan fingerprint density at radius 3 is 3.23 bits per heavy atom. The summed E-state index contributed by atoms with van der Waals surface area (Å²) in [5, 5.41) is 7.12. The Morgan fingerprint density at radius 1 is 1.59 bits per heavy atom. The van der Waals surface area contributed by atoms with Gasteiger partial charge in [0.1, 0.15) is 18.4 Å². The molecule has 0 spiro atoms. The summed E-state index contributed by atoms with van der Waals surface area (Å²) in [6, 6.07) is 3.92. The number of hydrogen-bond donors (Lipinski definition) is 1. The SMILES string of the molecule is C[C@H](NC(=O)CN1CCC[C@H]1Cn1cncn1)c1ccco1. The Morgan fingerprint density at radius 2 is 2.50 bits per heavy atom. The molecule has 2 aromatic heterocycles. The normalized spacial score (nSPS) is 20.1. The highest BCUT2D eigenvalue weighted by Gasteiger charge is 2.27.